The first-order valence-electron chi connectivity index (χ1n) is 9.79. The molecule has 0 aliphatic carbocycles. The largest absolute Gasteiger partial charge is 0.461 e. The van der Waals surface area contributed by atoms with Crippen LogP contribution in [0.1, 0.15) is 45.6 Å². The van der Waals surface area contributed by atoms with Crippen LogP contribution in [0, 0.1) is 0 Å². The molecule has 1 aliphatic heterocycles. The summed E-state index contributed by atoms with van der Waals surface area (Å²) in [4.78, 5) is 37.7. The Morgan fingerprint density at radius 3 is 2.41 bits per heavy atom. The SMILES string of the molecule is CCOC(=O)N1[C@H](C(=O)OC(C)C)CC[C@@H]1C(F)(F)C(=O)CCc1ccccc1. The highest BCUT2D eigenvalue weighted by atomic mass is 19.3. The molecule has 8 heteroatoms. The molecule has 2 atom stereocenters. The molecule has 29 heavy (non-hydrogen) atoms. The highest BCUT2D eigenvalue weighted by molar-refractivity contribution is 5.89. The predicted octanol–water partition coefficient (Wildman–Crippen LogP) is 3.76. The van der Waals surface area contributed by atoms with Crippen molar-refractivity contribution in [2.24, 2.45) is 0 Å². The van der Waals surface area contributed by atoms with E-state index in [0.29, 0.717) is 4.90 Å². The van der Waals surface area contributed by atoms with Gasteiger partial charge in [-0.1, -0.05) is 30.3 Å². The van der Waals surface area contributed by atoms with E-state index in [9.17, 15) is 14.4 Å². The summed E-state index contributed by atoms with van der Waals surface area (Å²) in [5, 5.41) is 0. The van der Waals surface area contributed by atoms with Gasteiger partial charge in [0.2, 0.25) is 5.78 Å². The second-order valence-corrected chi connectivity index (χ2v) is 7.23. The van der Waals surface area contributed by atoms with Crippen LogP contribution in [-0.2, 0) is 25.5 Å². The lowest BCUT2D eigenvalue weighted by Gasteiger charge is -2.32. The van der Waals surface area contributed by atoms with Gasteiger partial charge in [-0.3, -0.25) is 9.69 Å². The summed E-state index contributed by atoms with van der Waals surface area (Å²) in [5.41, 5.74) is 0.767. The number of likely N-dealkylation sites (tertiary alicyclic amines) is 1. The maximum Gasteiger partial charge on any atom is 0.410 e. The van der Waals surface area contributed by atoms with E-state index < -0.39 is 42.0 Å². The van der Waals surface area contributed by atoms with Crippen molar-refractivity contribution in [3.05, 3.63) is 35.9 Å². The van der Waals surface area contributed by atoms with Gasteiger partial charge in [0.05, 0.1) is 12.7 Å². The Kier molecular flexibility index (Phi) is 7.70. The van der Waals surface area contributed by atoms with Crippen LogP contribution >= 0.6 is 0 Å². The smallest absolute Gasteiger partial charge is 0.410 e. The number of hydrogen-bond acceptors (Lipinski definition) is 5. The fraction of sp³-hybridized carbons (Fsp3) is 0.571. The maximum atomic E-state index is 15.0. The Labute approximate surface area is 169 Å². The van der Waals surface area contributed by atoms with Crippen LogP contribution in [0.2, 0.25) is 0 Å². The van der Waals surface area contributed by atoms with Crippen molar-refractivity contribution >= 4 is 17.8 Å². The molecule has 0 bridgehead atoms. The number of benzene rings is 1. The van der Waals surface area contributed by atoms with Crippen LogP contribution in [0.3, 0.4) is 0 Å². The normalized spacial score (nSPS) is 19.3. The van der Waals surface area contributed by atoms with E-state index in [1.165, 1.54) is 6.92 Å². The lowest BCUT2D eigenvalue weighted by atomic mass is 9.98. The van der Waals surface area contributed by atoms with Crippen LogP contribution < -0.4 is 0 Å². The number of nitrogens with zero attached hydrogens (tertiary/aromatic N) is 1. The molecular weight excluding hydrogens is 384 g/mol. The molecule has 6 nitrogen and oxygen atoms in total. The van der Waals surface area contributed by atoms with Gasteiger partial charge in [0.25, 0.3) is 0 Å². The molecule has 0 saturated carbocycles. The molecule has 1 fully saturated rings. The first kappa shape index (κ1) is 22.8. The lowest BCUT2D eigenvalue weighted by molar-refractivity contribution is -0.159. The van der Waals surface area contributed by atoms with Gasteiger partial charge in [-0.05, 0) is 45.6 Å². The predicted molar refractivity (Wildman–Crippen MR) is 102 cm³/mol. The highest BCUT2D eigenvalue weighted by Crippen LogP contribution is 2.37. The van der Waals surface area contributed by atoms with Crippen molar-refractivity contribution in [2.45, 2.75) is 70.6 Å². The van der Waals surface area contributed by atoms with Gasteiger partial charge in [0.1, 0.15) is 12.1 Å². The summed E-state index contributed by atoms with van der Waals surface area (Å²) in [6, 6.07) is 5.90. The number of hydrogen-bond donors (Lipinski definition) is 0. The summed E-state index contributed by atoms with van der Waals surface area (Å²) < 4.78 is 40.0. The molecule has 1 heterocycles. The molecule has 0 N–H and O–H groups in total. The summed E-state index contributed by atoms with van der Waals surface area (Å²) in [6.07, 6.45) is -1.92. The summed E-state index contributed by atoms with van der Waals surface area (Å²) in [6.45, 7) is 4.75. The molecule has 1 aliphatic rings. The number of halogens is 2. The van der Waals surface area contributed by atoms with Gasteiger partial charge in [-0.15, -0.1) is 0 Å². The second-order valence-electron chi connectivity index (χ2n) is 7.23. The highest BCUT2D eigenvalue weighted by Gasteiger charge is 2.57. The topological polar surface area (TPSA) is 72.9 Å². The van der Waals surface area contributed by atoms with Crippen molar-refractivity contribution in [2.75, 3.05) is 6.61 Å². The van der Waals surface area contributed by atoms with Crippen molar-refractivity contribution in [1.82, 2.24) is 4.90 Å². The molecule has 1 saturated heterocycles. The Hall–Kier alpha value is -2.51. The first-order valence-corrected chi connectivity index (χ1v) is 9.79. The summed E-state index contributed by atoms with van der Waals surface area (Å²) in [7, 11) is 0. The third-order valence-corrected chi connectivity index (χ3v) is 4.76. The first-order chi connectivity index (χ1) is 13.7. The van der Waals surface area contributed by atoms with Crippen LogP contribution in [0.15, 0.2) is 30.3 Å². The fourth-order valence-electron chi connectivity index (χ4n) is 3.42. The zero-order valence-electron chi connectivity index (χ0n) is 16.9. The Balaban J connectivity index is 2.18. The van der Waals surface area contributed by atoms with Crippen LogP contribution in [0.4, 0.5) is 13.6 Å². The van der Waals surface area contributed by atoms with Crippen molar-refractivity contribution in [1.29, 1.82) is 0 Å². The minimum Gasteiger partial charge on any atom is -0.461 e. The van der Waals surface area contributed by atoms with Crippen molar-refractivity contribution < 1.29 is 32.6 Å². The fourth-order valence-corrected chi connectivity index (χ4v) is 3.42. The molecule has 2 rings (SSSR count). The number of amides is 1. The molecule has 1 amide bonds. The number of alkyl halides is 2. The zero-order valence-corrected chi connectivity index (χ0v) is 16.9. The molecular formula is C21H27F2NO5. The minimum atomic E-state index is -3.80. The van der Waals surface area contributed by atoms with Gasteiger partial charge in [0.15, 0.2) is 0 Å². The molecule has 0 radical (unpaired) electrons. The number of Topliss-reactive ketones (excluding diaryl/α,β-unsaturated/α-hetero) is 1. The van der Waals surface area contributed by atoms with Gasteiger partial charge in [-0.2, -0.15) is 8.78 Å². The van der Waals surface area contributed by atoms with Crippen molar-refractivity contribution in [3.8, 4) is 0 Å². The zero-order chi connectivity index (χ0) is 21.6. The van der Waals surface area contributed by atoms with Crippen LogP contribution in [0.25, 0.3) is 0 Å². The number of carbonyl (C=O) groups excluding carboxylic acids is 3. The average Bonchev–Trinajstić information content (AvgIpc) is 3.12. The van der Waals surface area contributed by atoms with Gasteiger partial charge in [-0.25, -0.2) is 9.59 Å². The van der Waals surface area contributed by atoms with Gasteiger partial charge >= 0.3 is 18.0 Å². The monoisotopic (exact) mass is 411 g/mol. The van der Waals surface area contributed by atoms with Crippen LogP contribution in [0.5, 0.6) is 0 Å². The molecule has 1 aromatic carbocycles. The lowest BCUT2D eigenvalue weighted by Crippen LogP contribution is -2.55. The molecule has 0 unspecified atom stereocenters. The second kappa shape index (κ2) is 9.80. The Morgan fingerprint density at radius 2 is 1.83 bits per heavy atom. The summed E-state index contributed by atoms with van der Waals surface area (Å²) >= 11 is 0. The Morgan fingerprint density at radius 1 is 1.17 bits per heavy atom. The number of esters is 1. The maximum absolute atomic E-state index is 15.0. The molecule has 0 aromatic heterocycles. The minimum absolute atomic E-state index is 0.0173. The average molecular weight is 411 g/mol. The van der Waals surface area contributed by atoms with E-state index >= 15 is 8.78 Å². The molecule has 1 aromatic rings. The Bertz CT molecular complexity index is 723. The standard InChI is InChI=1S/C21H27F2NO5/c1-4-28-20(27)24-16(19(26)29-14(2)3)11-12-17(24)21(22,23)18(25)13-10-15-8-6-5-7-9-15/h5-9,14,16-17H,4,10-13H2,1-3H3/t16-,17+/m0/s1. The quantitative estimate of drug-likeness (QED) is 0.609. The van der Waals surface area contributed by atoms with E-state index in [1.807, 2.05) is 0 Å². The molecule has 160 valence electrons. The van der Waals surface area contributed by atoms with E-state index in [0.717, 1.165) is 5.56 Å². The number of ether oxygens (including phenoxy) is 2. The third kappa shape index (κ3) is 5.52. The number of rotatable bonds is 8. The van der Waals surface area contributed by atoms with Gasteiger partial charge < -0.3 is 9.47 Å². The number of carbonyl (C=O) groups is 3. The number of ketones is 1. The van der Waals surface area contributed by atoms with Crippen LogP contribution in [-0.4, -0.2) is 53.5 Å². The summed E-state index contributed by atoms with van der Waals surface area (Å²) in [5.74, 6) is -5.84. The van der Waals surface area contributed by atoms with E-state index in [1.54, 1.807) is 44.2 Å². The third-order valence-electron chi connectivity index (χ3n) is 4.76. The van der Waals surface area contributed by atoms with Gasteiger partial charge in [0, 0.05) is 6.42 Å². The van der Waals surface area contributed by atoms with E-state index in [2.05, 4.69) is 0 Å². The molecule has 0 spiro atoms. The van der Waals surface area contributed by atoms with E-state index in [-0.39, 0.29) is 32.3 Å². The van der Waals surface area contributed by atoms with E-state index in [4.69, 9.17) is 9.47 Å². The van der Waals surface area contributed by atoms with Crippen molar-refractivity contribution in [3.63, 3.8) is 0 Å². The number of aryl methyl sites for hydroxylation is 1.